The van der Waals surface area contributed by atoms with Gasteiger partial charge in [0.05, 0.1) is 4.47 Å². The first kappa shape index (κ1) is 13.0. The zero-order valence-electron chi connectivity index (χ0n) is 9.71. The highest BCUT2D eigenvalue weighted by Gasteiger charge is 2.04. The van der Waals surface area contributed by atoms with E-state index in [1.165, 1.54) is 12.1 Å². The molecule has 2 rings (SSSR count). The van der Waals surface area contributed by atoms with E-state index in [0.29, 0.717) is 11.3 Å². The van der Waals surface area contributed by atoms with Crippen LogP contribution in [0.15, 0.2) is 40.9 Å². The van der Waals surface area contributed by atoms with E-state index >= 15 is 0 Å². The summed E-state index contributed by atoms with van der Waals surface area (Å²) in [5.74, 6) is -0.557. The van der Waals surface area contributed by atoms with Crippen molar-refractivity contribution in [2.45, 2.75) is 13.5 Å². The largest absolute Gasteiger partial charge is 0.488 e. The Hall–Kier alpha value is -1.42. The smallest absolute Gasteiger partial charge is 0.134 e. The molecule has 0 aliphatic carbocycles. The van der Waals surface area contributed by atoms with Crippen molar-refractivity contribution < 1.29 is 13.5 Å². The second-order valence-electron chi connectivity index (χ2n) is 4.00. The fraction of sp³-hybridized carbons (Fsp3) is 0.143. The molecular formula is C14H11BrF2O. The zero-order chi connectivity index (χ0) is 13.1. The van der Waals surface area contributed by atoms with Crippen LogP contribution in [0.4, 0.5) is 8.78 Å². The summed E-state index contributed by atoms with van der Waals surface area (Å²) in [6.45, 7) is 2.09. The molecule has 0 amide bonds. The van der Waals surface area contributed by atoms with Crippen LogP contribution in [0, 0.1) is 18.6 Å². The highest BCUT2D eigenvalue weighted by molar-refractivity contribution is 9.10. The van der Waals surface area contributed by atoms with Gasteiger partial charge in [0.2, 0.25) is 0 Å². The second-order valence-corrected chi connectivity index (χ2v) is 4.85. The maximum absolute atomic E-state index is 13.0. The summed E-state index contributed by atoms with van der Waals surface area (Å²) in [6.07, 6.45) is 0. The number of ether oxygens (including phenoxy) is 1. The molecule has 4 heteroatoms. The Bertz CT molecular complexity index is 549. The van der Waals surface area contributed by atoms with Crippen LogP contribution in [0.25, 0.3) is 0 Å². The van der Waals surface area contributed by atoms with Gasteiger partial charge in [-0.2, -0.15) is 0 Å². The summed E-state index contributed by atoms with van der Waals surface area (Å²) in [7, 11) is 0. The normalized spacial score (nSPS) is 10.4. The summed E-state index contributed by atoms with van der Waals surface area (Å²) < 4.78 is 32.3. The minimum Gasteiger partial charge on any atom is -0.488 e. The predicted octanol–water partition coefficient (Wildman–Crippen LogP) is 4.61. The molecule has 0 heterocycles. The van der Waals surface area contributed by atoms with Gasteiger partial charge in [-0.3, -0.25) is 0 Å². The van der Waals surface area contributed by atoms with Gasteiger partial charge in [0.25, 0.3) is 0 Å². The lowest BCUT2D eigenvalue weighted by molar-refractivity contribution is 0.303. The van der Waals surface area contributed by atoms with Crippen molar-refractivity contribution in [3.63, 3.8) is 0 Å². The van der Waals surface area contributed by atoms with E-state index in [-0.39, 0.29) is 6.61 Å². The van der Waals surface area contributed by atoms with Crippen molar-refractivity contribution in [1.29, 1.82) is 0 Å². The maximum Gasteiger partial charge on any atom is 0.134 e. The lowest BCUT2D eigenvalue weighted by atomic mass is 10.2. The van der Waals surface area contributed by atoms with E-state index in [1.54, 1.807) is 0 Å². The quantitative estimate of drug-likeness (QED) is 0.804. The third-order valence-electron chi connectivity index (χ3n) is 2.40. The van der Waals surface area contributed by atoms with E-state index in [2.05, 4.69) is 15.9 Å². The molecule has 0 aliphatic rings. The summed E-state index contributed by atoms with van der Waals surface area (Å²) >= 11 is 3.38. The molecule has 0 spiro atoms. The van der Waals surface area contributed by atoms with E-state index in [0.717, 1.165) is 16.1 Å². The predicted molar refractivity (Wildman–Crippen MR) is 69.6 cm³/mol. The molecule has 0 saturated heterocycles. The highest BCUT2D eigenvalue weighted by atomic mass is 79.9. The average molecular weight is 313 g/mol. The zero-order valence-corrected chi connectivity index (χ0v) is 11.3. The molecule has 2 aromatic carbocycles. The number of aryl methyl sites for hydroxylation is 1. The van der Waals surface area contributed by atoms with Crippen LogP contribution in [0.3, 0.4) is 0 Å². The molecule has 0 unspecified atom stereocenters. The van der Waals surface area contributed by atoms with Gasteiger partial charge in [0.15, 0.2) is 0 Å². The molecule has 0 fully saturated rings. The molecule has 0 N–H and O–H groups in total. The molecular weight excluding hydrogens is 302 g/mol. The van der Waals surface area contributed by atoms with Gasteiger partial charge in [-0.1, -0.05) is 6.07 Å². The van der Waals surface area contributed by atoms with E-state index < -0.39 is 11.6 Å². The number of hydrogen-bond donors (Lipinski definition) is 0. The Morgan fingerprint density at radius 2 is 1.72 bits per heavy atom. The fourth-order valence-electron chi connectivity index (χ4n) is 1.58. The summed E-state index contributed by atoms with van der Waals surface area (Å²) in [5, 5.41) is 0. The van der Waals surface area contributed by atoms with E-state index in [4.69, 9.17) is 4.74 Å². The lowest BCUT2D eigenvalue weighted by Crippen LogP contribution is -1.97. The minimum atomic E-state index is -0.600. The molecule has 1 nitrogen and oxygen atoms in total. The molecule has 0 aliphatic heterocycles. The van der Waals surface area contributed by atoms with Crippen molar-refractivity contribution in [2.75, 3.05) is 0 Å². The van der Waals surface area contributed by atoms with Crippen molar-refractivity contribution in [2.24, 2.45) is 0 Å². The molecule has 0 aromatic heterocycles. The first-order valence-corrected chi connectivity index (χ1v) is 6.18. The van der Waals surface area contributed by atoms with Gasteiger partial charge in [-0.05, 0) is 58.2 Å². The summed E-state index contributed by atoms with van der Waals surface area (Å²) in [6, 6.07) is 8.99. The number of hydrogen-bond acceptors (Lipinski definition) is 1. The Labute approximate surface area is 113 Å². The van der Waals surface area contributed by atoms with Gasteiger partial charge in [0, 0.05) is 6.07 Å². The van der Waals surface area contributed by atoms with Gasteiger partial charge in [-0.15, -0.1) is 0 Å². The summed E-state index contributed by atoms with van der Waals surface area (Å²) in [4.78, 5) is 0. The Morgan fingerprint density at radius 3 is 2.33 bits per heavy atom. The molecule has 2 aromatic rings. The number of benzene rings is 2. The molecule has 0 bridgehead atoms. The monoisotopic (exact) mass is 312 g/mol. The Balaban J connectivity index is 2.11. The molecule has 0 radical (unpaired) electrons. The van der Waals surface area contributed by atoms with Gasteiger partial charge in [0.1, 0.15) is 24.0 Å². The third-order valence-corrected chi connectivity index (χ3v) is 3.02. The van der Waals surface area contributed by atoms with Crippen LogP contribution < -0.4 is 4.74 Å². The van der Waals surface area contributed by atoms with Crippen LogP contribution in [-0.2, 0) is 6.61 Å². The van der Waals surface area contributed by atoms with Crippen molar-refractivity contribution in [1.82, 2.24) is 0 Å². The second kappa shape index (κ2) is 5.48. The maximum atomic E-state index is 13.0. The fourth-order valence-corrected chi connectivity index (χ4v) is 2.19. The first-order valence-electron chi connectivity index (χ1n) is 5.38. The molecule has 0 atom stereocenters. The number of halogens is 3. The lowest BCUT2D eigenvalue weighted by Gasteiger charge is -2.09. The average Bonchev–Trinajstić information content (AvgIpc) is 2.26. The first-order chi connectivity index (χ1) is 8.54. The molecule has 0 saturated carbocycles. The van der Waals surface area contributed by atoms with E-state index in [1.807, 2.05) is 25.1 Å². The van der Waals surface area contributed by atoms with Crippen LogP contribution >= 0.6 is 15.9 Å². The van der Waals surface area contributed by atoms with Crippen molar-refractivity contribution in [3.8, 4) is 5.75 Å². The topological polar surface area (TPSA) is 9.23 Å². The standard InChI is InChI=1S/C14H11BrF2O/c1-9-2-3-14(13(15)4-9)18-8-10-5-11(16)7-12(17)6-10/h2-7H,8H2,1H3. The third kappa shape index (κ3) is 3.29. The summed E-state index contributed by atoms with van der Waals surface area (Å²) in [5.41, 5.74) is 1.56. The molecule has 18 heavy (non-hydrogen) atoms. The Kier molecular flexibility index (Phi) is 3.97. The van der Waals surface area contributed by atoms with Gasteiger partial charge < -0.3 is 4.74 Å². The van der Waals surface area contributed by atoms with E-state index in [9.17, 15) is 8.78 Å². The Morgan fingerprint density at radius 1 is 1.06 bits per heavy atom. The highest BCUT2D eigenvalue weighted by Crippen LogP contribution is 2.26. The van der Waals surface area contributed by atoms with Crippen LogP contribution in [0.5, 0.6) is 5.75 Å². The van der Waals surface area contributed by atoms with Crippen molar-refractivity contribution >= 4 is 15.9 Å². The SMILES string of the molecule is Cc1ccc(OCc2cc(F)cc(F)c2)c(Br)c1. The minimum absolute atomic E-state index is 0.121. The van der Waals surface area contributed by atoms with Gasteiger partial charge >= 0.3 is 0 Å². The van der Waals surface area contributed by atoms with Crippen LogP contribution in [-0.4, -0.2) is 0 Å². The van der Waals surface area contributed by atoms with Crippen molar-refractivity contribution in [3.05, 3.63) is 63.6 Å². The van der Waals surface area contributed by atoms with Crippen LogP contribution in [0.1, 0.15) is 11.1 Å². The number of rotatable bonds is 3. The molecule has 94 valence electrons. The van der Waals surface area contributed by atoms with Gasteiger partial charge in [-0.25, -0.2) is 8.78 Å². The van der Waals surface area contributed by atoms with Crippen LogP contribution in [0.2, 0.25) is 0 Å².